The molecule has 0 aliphatic carbocycles. The molecular formula is C8H6N2OSe. The number of nitrogens with zero attached hydrogens (tertiary/aromatic N) is 2. The van der Waals surface area contributed by atoms with E-state index in [4.69, 9.17) is 0 Å². The zero-order chi connectivity index (χ0) is 8.39. The van der Waals surface area contributed by atoms with Gasteiger partial charge in [0, 0.05) is 0 Å². The molecule has 0 aliphatic heterocycles. The molecule has 3 nitrogen and oxygen atoms in total. The number of rotatable bonds is 1. The standard InChI is InChI=1S/C8H6N2OSe/c11-8-4-2-1-3-6(8)7-5-12-10-9-7/h1-5,11H. The molecule has 60 valence electrons. The normalized spacial score (nSPS) is 10.0. The third-order valence-corrected chi connectivity index (χ3v) is 2.60. The molecule has 0 saturated heterocycles. The first-order valence-electron chi connectivity index (χ1n) is 3.43. The van der Waals surface area contributed by atoms with Crippen molar-refractivity contribution in [2.45, 2.75) is 0 Å². The average Bonchev–Trinajstić information content (AvgIpc) is 2.57. The first kappa shape index (κ1) is 7.52. The van der Waals surface area contributed by atoms with Gasteiger partial charge in [-0.3, -0.25) is 0 Å². The molecule has 0 unspecified atom stereocenters. The van der Waals surface area contributed by atoms with Crippen molar-refractivity contribution < 1.29 is 5.11 Å². The number of hydrogen-bond acceptors (Lipinski definition) is 3. The van der Waals surface area contributed by atoms with Gasteiger partial charge in [-0.05, 0) is 0 Å². The number of aromatic nitrogens is 2. The zero-order valence-corrected chi connectivity index (χ0v) is 7.85. The average molecular weight is 225 g/mol. The molecule has 0 saturated carbocycles. The van der Waals surface area contributed by atoms with Crippen LogP contribution in [0.4, 0.5) is 0 Å². The third-order valence-electron chi connectivity index (χ3n) is 1.54. The van der Waals surface area contributed by atoms with Crippen LogP contribution in [0, 0.1) is 0 Å². The molecule has 1 heterocycles. The van der Waals surface area contributed by atoms with Crippen molar-refractivity contribution in [3.63, 3.8) is 0 Å². The topological polar surface area (TPSA) is 46.0 Å². The SMILES string of the molecule is Oc1ccccc1-c1c[se]nn1. The molecular weight excluding hydrogens is 219 g/mol. The number of phenolic OH excluding ortho intramolecular Hbond substituents is 1. The van der Waals surface area contributed by atoms with Crippen molar-refractivity contribution in [1.29, 1.82) is 0 Å². The molecule has 1 N–H and O–H groups in total. The minimum atomic E-state index is 0.123. The van der Waals surface area contributed by atoms with E-state index in [9.17, 15) is 5.11 Å². The van der Waals surface area contributed by atoms with Gasteiger partial charge in [-0.2, -0.15) is 0 Å². The minimum absolute atomic E-state index is 0.123. The van der Waals surface area contributed by atoms with Gasteiger partial charge in [0.05, 0.1) is 0 Å². The van der Waals surface area contributed by atoms with Crippen molar-refractivity contribution in [2.24, 2.45) is 0 Å². The molecule has 0 amide bonds. The second-order valence-corrected chi connectivity index (χ2v) is 3.59. The predicted octanol–water partition coefficient (Wildman–Crippen LogP) is 0.906. The van der Waals surface area contributed by atoms with Crippen LogP contribution in [0.5, 0.6) is 5.75 Å². The molecule has 1 aromatic heterocycles. The van der Waals surface area contributed by atoms with Crippen LogP contribution in [-0.4, -0.2) is 29.0 Å². The van der Waals surface area contributed by atoms with E-state index in [-0.39, 0.29) is 20.5 Å². The second kappa shape index (κ2) is 3.09. The van der Waals surface area contributed by atoms with Gasteiger partial charge in [0.15, 0.2) is 0 Å². The van der Waals surface area contributed by atoms with Gasteiger partial charge in [-0.15, -0.1) is 0 Å². The van der Waals surface area contributed by atoms with Crippen LogP contribution in [0.15, 0.2) is 29.2 Å². The van der Waals surface area contributed by atoms with E-state index in [1.54, 1.807) is 12.1 Å². The van der Waals surface area contributed by atoms with Crippen LogP contribution in [0.1, 0.15) is 0 Å². The molecule has 2 aromatic rings. The van der Waals surface area contributed by atoms with Crippen molar-refractivity contribution in [2.75, 3.05) is 0 Å². The van der Waals surface area contributed by atoms with Gasteiger partial charge in [0.25, 0.3) is 0 Å². The summed E-state index contributed by atoms with van der Waals surface area (Å²) in [5, 5.41) is 13.4. The van der Waals surface area contributed by atoms with E-state index < -0.39 is 0 Å². The summed E-state index contributed by atoms with van der Waals surface area (Å²) in [7, 11) is 0. The summed E-state index contributed by atoms with van der Waals surface area (Å²) in [5.74, 6) is 0.264. The number of aromatic hydroxyl groups is 1. The van der Waals surface area contributed by atoms with Gasteiger partial charge in [-0.25, -0.2) is 0 Å². The van der Waals surface area contributed by atoms with Crippen LogP contribution < -0.4 is 0 Å². The summed E-state index contributed by atoms with van der Waals surface area (Å²) in [6.45, 7) is 0. The van der Waals surface area contributed by atoms with E-state index in [0.717, 1.165) is 11.3 Å². The van der Waals surface area contributed by atoms with Crippen LogP contribution >= 0.6 is 0 Å². The Morgan fingerprint density at radius 2 is 2.08 bits per heavy atom. The van der Waals surface area contributed by atoms with Crippen LogP contribution in [0.3, 0.4) is 0 Å². The Labute approximate surface area is 75.7 Å². The van der Waals surface area contributed by atoms with Crippen molar-refractivity contribution in [3.8, 4) is 17.0 Å². The summed E-state index contributed by atoms with van der Waals surface area (Å²) < 4.78 is 3.87. The summed E-state index contributed by atoms with van der Waals surface area (Å²) in [4.78, 5) is 1.95. The predicted molar refractivity (Wildman–Crippen MR) is 46.1 cm³/mol. The van der Waals surface area contributed by atoms with Crippen LogP contribution in [0.2, 0.25) is 0 Å². The van der Waals surface area contributed by atoms with Crippen molar-refractivity contribution in [3.05, 3.63) is 29.2 Å². The number of hydrogen-bond donors (Lipinski definition) is 1. The zero-order valence-electron chi connectivity index (χ0n) is 6.14. The second-order valence-electron chi connectivity index (χ2n) is 2.31. The van der Waals surface area contributed by atoms with E-state index in [1.807, 2.05) is 17.1 Å². The van der Waals surface area contributed by atoms with Gasteiger partial charge in [-0.1, -0.05) is 0 Å². The first-order valence-corrected chi connectivity index (χ1v) is 5.19. The van der Waals surface area contributed by atoms with Crippen molar-refractivity contribution >= 4 is 14.7 Å². The quantitative estimate of drug-likeness (QED) is 0.733. The Kier molecular flexibility index (Phi) is 1.94. The van der Waals surface area contributed by atoms with Crippen LogP contribution in [0.25, 0.3) is 11.3 Å². The molecule has 0 aliphatic rings. The molecule has 4 heteroatoms. The van der Waals surface area contributed by atoms with Crippen LogP contribution in [-0.2, 0) is 0 Å². The summed E-state index contributed by atoms with van der Waals surface area (Å²) in [6, 6.07) is 7.14. The monoisotopic (exact) mass is 226 g/mol. The molecule has 0 spiro atoms. The maximum absolute atomic E-state index is 9.44. The van der Waals surface area contributed by atoms with E-state index >= 15 is 0 Å². The van der Waals surface area contributed by atoms with Gasteiger partial charge in [0.1, 0.15) is 0 Å². The Hall–Kier alpha value is -1.12. The van der Waals surface area contributed by atoms with E-state index in [2.05, 4.69) is 9.19 Å². The number of phenols is 1. The van der Waals surface area contributed by atoms with Gasteiger partial charge < -0.3 is 0 Å². The van der Waals surface area contributed by atoms with E-state index in [0.29, 0.717) is 0 Å². The molecule has 0 atom stereocenters. The van der Waals surface area contributed by atoms with Gasteiger partial charge in [0.2, 0.25) is 0 Å². The Morgan fingerprint density at radius 3 is 2.75 bits per heavy atom. The Morgan fingerprint density at radius 1 is 1.25 bits per heavy atom. The summed E-state index contributed by atoms with van der Waals surface area (Å²) >= 11 is 0.123. The number of para-hydroxylation sites is 1. The fourth-order valence-corrected chi connectivity index (χ4v) is 1.93. The molecule has 2 rings (SSSR count). The molecule has 1 aromatic carbocycles. The molecule has 12 heavy (non-hydrogen) atoms. The molecule has 0 fully saturated rings. The van der Waals surface area contributed by atoms with E-state index in [1.165, 1.54) is 0 Å². The molecule has 0 bridgehead atoms. The van der Waals surface area contributed by atoms with Gasteiger partial charge >= 0.3 is 75.2 Å². The Balaban J connectivity index is 2.55. The Bertz CT molecular complexity index is 372. The van der Waals surface area contributed by atoms with Crippen molar-refractivity contribution in [1.82, 2.24) is 9.19 Å². The number of benzene rings is 1. The third kappa shape index (κ3) is 1.26. The fourth-order valence-electron chi connectivity index (χ4n) is 0.972. The summed E-state index contributed by atoms with van der Waals surface area (Å²) in [5.41, 5.74) is 1.55. The first-order chi connectivity index (χ1) is 5.88. The maximum atomic E-state index is 9.44. The fraction of sp³-hybridized carbons (Fsp3) is 0. The molecule has 0 radical (unpaired) electrons. The summed E-state index contributed by atoms with van der Waals surface area (Å²) in [6.07, 6.45) is 0.